The van der Waals surface area contributed by atoms with Crippen molar-refractivity contribution < 1.29 is 14.3 Å². The van der Waals surface area contributed by atoms with Crippen LogP contribution < -0.4 is 14.4 Å². The molecular weight excluding hydrogens is 452 g/mol. The SMILES string of the molecule is Br.COc1ccc(OC)c(N(CC(=O)c2ccc(C)cc2C)C2=NCCCS2)c1. The quantitative estimate of drug-likeness (QED) is 0.541. The molecule has 1 aliphatic rings. The van der Waals surface area contributed by atoms with Gasteiger partial charge in [0, 0.05) is 23.9 Å². The lowest BCUT2D eigenvalue weighted by Crippen LogP contribution is -2.36. The molecule has 2 aromatic carbocycles. The van der Waals surface area contributed by atoms with Crippen molar-refractivity contribution in [1.82, 2.24) is 0 Å². The fourth-order valence-electron chi connectivity index (χ4n) is 3.23. The minimum absolute atomic E-state index is 0. The number of hydrogen-bond acceptors (Lipinski definition) is 6. The van der Waals surface area contributed by atoms with Crippen molar-refractivity contribution in [1.29, 1.82) is 0 Å². The lowest BCUT2D eigenvalue weighted by molar-refractivity contribution is 0.100. The number of benzene rings is 2. The fraction of sp³-hybridized carbons (Fsp3) is 0.364. The summed E-state index contributed by atoms with van der Waals surface area (Å²) in [5.74, 6) is 2.43. The predicted molar refractivity (Wildman–Crippen MR) is 127 cm³/mol. The maximum atomic E-state index is 13.2. The molecule has 0 amide bonds. The van der Waals surface area contributed by atoms with Crippen molar-refractivity contribution >= 4 is 45.4 Å². The number of methoxy groups -OCH3 is 2. The highest BCUT2D eigenvalue weighted by Crippen LogP contribution is 2.35. The van der Waals surface area contributed by atoms with E-state index in [1.807, 2.05) is 55.1 Å². The second-order valence-electron chi connectivity index (χ2n) is 6.73. The molecule has 156 valence electrons. The lowest BCUT2D eigenvalue weighted by Gasteiger charge is -2.28. The van der Waals surface area contributed by atoms with Crippen LogP contribution in [0.4, 0.5) is 5.69 Å². The van der Waals surface area contributed by atoms with Crippen LogP contribution in [-0.4, -0.2) is 44.0 Å². The number of nitrogens with zero attached hydrogens (tertiary/aromatic N) is 2. The number of thioether (sulfide) groups is 1. The Morgan fingerprint density at radius 1 is 1.14 bits per heavy atom. The molecule has 0 saturated heterocycles. The number of aliphatic imine (C=N–C) groups is 1. The molecule has 0 radical (unpaired) electrons. The summed E-state index contributed by atoms with van der Waals surface area (Å²) in [7, 11) is 3.26. The Morgan fingerprint density at radius 2 is 1.93 bits per heavy atom. The molecule has 3 rings (SSSR count). The number of anilines is 1. The fourth-order valence-corrected chi connectivity index (χ4v) is 4.19. The number of ketones is 1. The highest BCUT2D eigenvalue weighted by Gasteiger charge is 2.24. The number of Topliss-reactive ketones (excluding diaryl/α,β-unsaturated/α-hetero) is 1. The Hall–Kier alpha value is -1.99. The first-order valence-electron chi connectivity index (χ1n) is 9.30. The summed E-state index contributed by atoms with van der Waals surface area (Å²) in [5.41, 5.74) is 3.65. The third-order valence-electron chi connectivity index (χ3n) is 4.67. The molecule has 0 atom stereocenters. The Kier molecular flexibility index (Phi) is 8.59. The minimum atomic E-state index is 0. The van der Waals surface area contributed by atoms with Gasteiger partial charge >= 0.3 is 0 Å². The van der Waals surface area contributed by atoms with E-state index in [4.69, 9.17) is 9.47 Å². The normalized spacial score (nSPS) is 13.2. The number of halogens is 1. The van der Waals surface area contributed by atoms with E-state index in [9.17, 15) is 4.79 Å². The minimum Gasteiger partial charge on any atom is -0.497 e. The Balaban J connectivity index is 0.00000300. The predicted octanol–water partition coefficient (Wildman–Crippen LogP) is 5.08. The summed E-state index contributed by atoms with van der Waals surface area (Å²) in [5, 5.41) is 0.843. The third kappa shape index (κ3) is 5.54. The van der Waals surface area contributed by atoms with Crippen LogP contribution in [0.25, 0.3) is 0 Å². The van der Waals surface area contributed by atoms with Crippen molar-refractivity contribution in [3.8, 4) is 11.5 Å². The van der Waals surface area contributed by atoms with E-state index < -0.39 is 0 Å². The van der Waals surface area contributed by atoms with Gasteiger partial charge in [-0.25, -0.2) is 0 Å². The van der Waals surface area contributed by atoms with Crippen LogP contribution in [0.1, 0.15) is 27.9 Å². The monoisotopic (exact) mass is 478 g/mol. The molecule has 0 aliphatic carbocycles. The van der Waals surface area contributed by atoms with Gasteiger partial charge in [0.15, 0.2) is 11.0 Å². The molecule has 0 aromatic heterocycles. The van der Waals surface area contributed by atoms with Crippen molar-refractivity contribution in [3.63, 3.8) is 0 Å². The van der Waals surface area contributed by atoms with E-state index >= 15 is 0 Å². The molecular formula is C22H27BrN2O3S. The Labute approximate surface area is 187 Å². The van der Waals surface area contributed by atoms with Crippen LogP contribution in [0.15, 0.2) is 41.4 Å². The molecule has 7 heteroatoms. The number of aryl methyl sites for hydroxylation is 2. The molecule has 0 spiro atoms. The summed E-state index contributed by atoms with van der Waals surface area (Å²) in [4.78, 5) is 19.8. The summed E-state index contributed by atoms with van der Waals surface area (Å²) in [6, 6.07) is 11.5. The van der Waals surface area contributed by atoms with Crippen LogP contribution in [0.5, 0.6) is 11.5 Å². The van der Waals surface area contributed by atoms with Gasteiger partial charge in [-0.1, -0.05) is 35.5 Å². The summed E-state index contributed by atoms with van der Waals surface area (Å²) in [6.45, 7) is 4.97. The molecule has 0 saturated carbocycles. The van der Waals surface area contributed by atoms with E-state index in [-0.39, 0.29) is 29.3 Å². The summed E-state index contributed by atoms with van der Waals surface area (Å²) in [6.07, 6.45) is 1.04. The Bertz CT molecular complexity index is 902. The average molecular weight is 479 g/mol. The van der Waals surface area contributed by atoms with E-state index in [1.165, 1.54) is 0 Å². The molecule has 5 nitrogen and oxygen atoms in total. The highest BCUT2D eigenvalue weighted by molar-refractivity contribution is 8.93. The van der Waals surface area contributed by atoms with Crippen molar-refractivity contribution in [2.45, 2.75) is 20.3 Å². The molecule has 0 unspecified atom stereocenters. The van der Waals surface area contributed by atoms with E-state index in [2.05, 4.69) is 4.99 Å². The third-order valence-corrected chi connectivity index (χ3v) is 5.77. The smallest absolute Gasteiger partial charge is 0.182 e. The molecule has 0 N–H and O–H groups in total. The zero-order valence-electron chi connectivity index (χ0n) is 17.2. The van der Waals surface area contributed by atoms with Crippen LogP contribution in [0.2, 0.25) is 0 Å². The first-order valence-corrected chi connectivity index (χ1v) is 10.3. The molecule has 1 heterocycles. The van der Waals surface area contributed by atoms with Crippen molar-refractivity contribution in [2.75, 3.05) is 38.0 Å². The number of ether oxygens (including phenoxy) is 2. The van der Waals surface area contributed by atoms with Gasteiger partial charge in [0.25, 0.3) is 0 Å². The standard InChI is InChI=1S/C22H26N2O3S.BrH/c1-15-6-8-18(16(2)12-15)20(25)14-24(22-23-10-5-11-28-22)19-13-17(26-3)7-9-21(19)27-4;/h6-9,12-13H,5,10-11,14H2,1-4H3;1H. The Morgan fingerprint density at radius 3 is 2.55 bits per heavy atom. The number of carbonyl (C=O) groups excluding carboxylic acids is 1. The maximum absolute atomic E-state index is 13.2. The maximum Gasteiger partial charge on any atom is 0.182 e. The van der Waals surface area contributed by atoms with Gasteiger partial charge in [-0.2, -0.15) is 0 Å². The molecule has 1 aliphatic heterocycles. The summed E-state index contributed by atoms with van der Waals surface area (Å²) >= 11 is 1.67. The topological polar surface area (TPSA) is 51.1 Å². The van der Waals surface area contributed by atoms with Crippen molar-refractivity contribution in [2.24, 2.45) is 4.99 Å². The second kappa shape index (κ2) is 10.7. The molecule has 29 heavy (non-hydrogen) atoms. The van der Waals surface area contributed by atoms with Gasteiger partial charge in [0.05, 0.1) is 26.5 Å². The lowest BCUT2D eigenvalue weighted by atomic mass is 10.0. The van der Waals surface area contributed by atoms with Gasteiger partial charge in [-0.15, -0.1) is 17.0 Å². The van der Waals surface area contributed by atoms with Crippen LogP contribution >= 0.6 is 28.7 Å². The first kappa shape index (κ1) is 23.3. The van der Waals surface area contributed by atoms with Crippen LogP contribution in [0, 0.1) is 13.8 Å². The molecule has 0 fully saturated rings. The van der Waals surface area contributed by atoms with Gasteiger partial charge < -0.3 is 14.4 Å². The molecule has 0 bridgehead atoms. The summed E-state index contributed by atoms with van der Waals surface area (Å²) < 4.78 is 11.0. The largest absolute Gasteiger partial charge is 0.497 e. The highest BCUT2D eigenvalue weighted by atomic mass is 79.9. The zero-order chi connectivity index (χ0) is 20.1. The van der Waals surface area contributed by atoms with Crippen molar-refractivity contribution in [3.05, 3.63) is 53.1 Å². The average Bonchev–Trinajstić information content (AvgIpc) is 2.72. The van der Waals surface area contributed by atoms with E-state index in [0.717, 1.165) is 46.3 Å². The molecule has 2 aromatic rings. The second-order valence-corrected chi connectivity index (χ2v) is 7.79. The van der Waals surface area contributed by atoms with Gasteiger partial charge in [0.1, 0.15) is 11.5 Å². The number of amidine groups is 1. The first-order chi connectivity index (χ1) is 13.5. The van der Waals surface area contributed by atoms with Gasteiger partial charge in [0.2, 0.25) is 0 Å². The van der Waals surface area contributed by atoms with E-state index in [1.54, 1.807) is 26.0 Å². The van der Waals surface area contributed by atoms with Crippen LogP contribution in [0.3, 0.4) is 0 Å². The number of hydrogen-bond donors (Lipinski definition) is 0. The van der Waals surface area contributed by atoms with E-state index in [0.29, 0.717) is 11.5 Å². The number of rotatable bonds is 6. The van der Waals surface area contributed by atoms with Gasteiger partial charge in [-0.05, 0) is 38.0 Å². The number of carbonyl (C=O) groups is 1. The van der Waals surface area contributed by atoms with Crippen LogP contribution in [-0.2, 0) is 0 Å². The van der Waals surface area contributed by atoms with Gasteiger partial charge in [-0.3, -0.25) is 9.79 Å². The zero-order valence-corrected chi connectivity index (χ0v) is 19.8.